The summed E-state index contributed by atoms with van der Waals surface area (Å²) in [5, 5.41) is 1.04. The van der Waals surface area contributed by atoms with Gasteiger partial charge in [-0.25, -0.2) is 4.39 Å². The highest BCUT2D eigenvalue weighted by atomic mass is 79.9. The minimum Gasteiger partial charge on any atom is -0.360 e. The van der Waals surface area contributed by atoms with E-state index < -0.39 is 0 Å². The lowest BCUT2D eigenvalue weighted by Gasteiger charge is -2.07. The van der Waals surface area contributed by atoms with Crippen molar-refractivity contribution >= 4 is 26.8 Å². The molecule has 0 saturated heterocycles. The quantitative estimate of drug-likeness (QED) is 0.778. The van der Waals surface area contributed by atoms with Crippen LogP contribution in [0.5, 0.6) is 0 Å². The van der Waals surface area contributed by atoms with Crippen molar-refractivity contribution in [3.05, 3.63) is 34.2 Å². The van der Waals surface area contributed by atoms with Gasteiger partial charge in [-0.3, -0.25) is 0 Å². The summed E-state index contributed by atoms with van der Waals surface area (Å²) in [4.78, 5) is 3.25. The van der Waals surface area contributed by atoms with Crippen molar-refractivity contribution in [1.29, 1.82) is 0 Å². The van der Waals surface area contributed by atoms with Crippen molar-refractivity contribution in [1.82, 2.24) is 4.98 Å². The summed E-state index contributed by atoms with van der Waals surface area (Å²) in [6.45, 7) is 0. The lowest BCUT2D eigenvalue weighted by molar-refractivity contribution is 0.628. The molecule has 0 spiro atoms. The molecule has 16 heavy (non-hydrogen) atoms. The van der Waals surface area contributed by atoms with Crippen molar-refractivity contribution in [2.75, 3.05) is 0 Å². The monoisotopic (exact) mass is 281 g/mol. The van der Waals surface area contributed by atoms with E-state index in [9.17, 15) is 4.39 Å². The van der Waals surface area contributed by atoms with Gasteiger partial charge in [0.2, 0.25) is 0 Å². The van der Waals surface area contributed by atoms with E-state index in [4.69, 9.17) is 0 Å². The first kappa shape index (κ1) is 10.3. The molecular weight excluding hydrogens is 269 g/mol. The Morgan fingerprint density at radius 1 is 1.25 bits per heavy atom. The maximum Gasteiger partial charge on any atom is 0.125 e. The second-order valence-corrected chi connectivity index (χ2v) is 5.39. The van der Waals surface area contributed by atoms with Gasteiger partial charge in [0, 0.05) is 16.1 Å². The molecule has 3 rings (SSSR count). The molecule has 0 bridgehead atoms. The Bertz CT molecular complexity index is 526. The van der Waals surface area contributed by atoms with Crippen LogP contribution in [0.1, 0.15) is 37.2 Å². The van der Waals surface area contributed by atoms with Gasteiger partial charge in [0.1, 0.15) is 5.82 Å². The van der Waals surface area contributed by atoms with E-state index in [1.54, 1.807) is 6.07 Å². The Balaban J connectivity index is 2.18. The van der Waals surface area contributed by atoms with Gasteiger partial charge in [0.15, 0.2) is 0 Å². The van der Waals surface area contributed by atoms with Gasteiger partial charge >= 0.3 is 0 Å². The van der Waals surface area contributed by atoms with Gasteiger partial charge in [0.05, 0.1) is 5.52 Å². The molecule has 1 heterocycles. The molecule has 0 amide bonds. The third kappa shape index (κ3) is 1.58. The molecule has 0 atom stereocenters. The van der Waals surface area contributed by atoms with Crippen molar-refractivity contribution < 1.29 is 4.39 Å². The molecular formula is C13H13BrFN. The normalized spacial score (nSPS) is 17.4. The molecule has 1 aliphatic rings. The Kier molecular flexibility index (Phi) is 2.51. The summed E-state index contributed by atoms with van der Waals surface area (Å²) < 4.78 is 14.2. The van der Waals surface area contributed by atoms with E-state index in [0.717, 1.165) is 15.4 Å². The van der Waals surface area contributed by atoms with Crippen molar-refractivity contribution in [2.45, 2.75) is 31.6 Å². The molecule has 1 aromatic carbocycles. The summed E-state index contributed by atoms with van der Waals surface area (Å²) >= 11 is 3.40. The average molecular weight is 282 g/mol. The van der Waals surface area contributed by atoms with Gasteiger partial charge in [0.25, 0.3) is 0 Å². The van der Waals surface area contributed by atoms with Crippen LogP contribution in [0.15, 0.2) is 22.8 Å². The van der Waals surface area contributed by atoms with Crippen molar-refractivity contribution in [3.63, 3.8) is 0 Å². The molecule has 0 aliphatic heterocycles. The van der Waals surface area contributed by atoms with Crippen LogP contribution in [0.25, 0.3) is 10.9 Å². The third-order valence-electron chi connectivity index (χ3n) is 3.53. The topological polar surface area (TPSA) is 15.8 Å². The Labute approximate surface area is 102 Å². The maximum absolute atomic E-state index is 13.4. The number of nitrogens with one attached hydrogen (secondary N) is 1. The second-order valence-electron chi connectivity index (χ2n) is 4.54. The Hall–Kier alpha value is -0.830. The molecule has 84 valence electrons. The van der Waals surface area contributed by atoms with Crippen LogP contribution < -0.4 is 0 Å². The summed E-state index contributed by atoms with van der Waals surface area (Å²) in [5.74, 6) is 0.445. The highest BCUT2D eigenvalue weighted by Crippen LogP contribution is 2.39. The van der Waals surface area contributed by atoms with E-state index in [2.05, 4.69) is 20.9 Å². The predicted octanol–water partition coefficient (Wildman–Crippen LogP) is 4.73. The number of hydrogen-bond acceptors (Lipinski definition) is 0. The summed E-state index contributed by atoms with van der Waals surface area (Å²) in [7, 11) is 0. The van der Waals surface area contributed by atoms with Crippen molar-refractivity contribution in [3.8, 4) is 0 Å². The fraction of sp³-hybridized carbons (Fsp3) is 0.385. The highest BCUT2D eigenvalue weighted by Gasteiger charge is 2.20. The molecule has 0 unspecified atom stereocenters. The minimum atomic E-state index is -0.168. The molecule has 2 aromatic rings. The molecule has 3 heteroatoms. The van der Waals surface area contributed by atoms with E-state index in [0.29, 0.717) is 5.92 Å². The molecule has 1 fully saturated rings. The summed E-state index contributed by atoms with van der Waals surface area (Å²) in [6.07, 6.45) is 7.12. The van der Waals surface area contributed by atoms with Crippen LogP contribution in [0.3, 0.4) is 0 Å². The molecule has 1 aromatic heterocycles. The van der Waals surface area contributed by atoms with Gasteiger partial charge in [-0.1, -0.05) is 12.8 Å². The van der Waals surface area contributed by atoms with Gasteiger partial charge in [-0.05, 0) is 52.4 Å². The predicted molar refractivity (Wildman–Crippen MR) is 67.2 cm³/mol. The maximum atomic E-state index is 13.4. The molecule has 1 N–H and O–H groups in total. The van der Waals surface area contributed by atoms with E-state index in [1.807, 2.05) is 6.20 Å². The van der Waals surface area contributed by atoms with E-state index in [1.165, 1.54) is 37.3 Å². The number of aromatic amines is 1. The third-order valence-corrected chi connectivity index (χ3v) is 4.16. The second kappa shape index (κ2) is 3.88. The first-order valence-corrected chi connectivity index (χ1v) is 6.51. The largest absolute Gasteiger partial charge is 0.360 e. The molecule has 1 aliphatic carbocycles. The zero-order chi connectivity index (χ0) is 11.1. The van der Waals surface area contributed by atoms with Crippen LogP contribution in [0.2, 0.25) is 0 Å². The van der Waals surface area contributed by atoms with Crippen LogP contribution in [-0.4, -0.2) is 4.98 Å². The van der Waals surface area contributed by atoms with Crippen LogP contribution in [0, 0.1) is 5.82 Å². The zero-order valence-corrected chi connectivity index (χ0v) is 10.5. The summed E-state index contributed by atoms with van der Waals surface area (Å²) in [6, 6.07) is 3.15. The molecule has 1 saturated carbocycles. The first-order chi connectivity index (χ1) is 7.75. The van der Waals surface area contributed by atoms with Crippen molar-refractivity contribution in [2.24, 2.45) is 0 Å². The van der Waals surface area contributed by atoms with Crippen LogP contribution in [-0.2, 0) is 0 Å². The lowest BCUT2D eigenvalue weighted by atomic mass is 9.97. The zero-order valence-electron chi connectivity index (χ0n) is 8.89. The van der Waals surface area contributed by atoms with Gasteiger partial charge in [-0.2, -0.15) is 0 Å². The number of H-pyrrole nitrogens is 1. The fourth-order valence-electron chi connectivity index (χ4n) is 2.75. The molecule has 1 nitrogen and oxygen atoms in total. The minimum absolute atomic E-state index is 0.168. The summed E-state index contributed by atoms with van der Waals surface area (Å²) in [5.41, 5.74) is 2.30. The number of fused-ring (bicyclic) bond motifs is 1. The average Bonchev–Trinajstić information content (AvgIpc) is 2.83. The number of rotatable bonds is 1. The van der Waals surface area contributed by atoms with E-state index in [-0.39, 0.29) is 5.82 Å². The Morgan fingerprint density at radius 3 is 2.75 bits per heavy atom. The smallest absolute Gasteiger partial charge is 0.125 e. The number of halogens is 2. The van der Waals surface area contributed by atoms with Crippen LogP contribution >= 0.6 is 15.9 Å². The highest BCUT2D eigenvalue weighted by molar-refractivity contribution is 9.10. The SMILES string of the molecule is Fc1cc(Br)c2[nH]cc(C3CCCC3)c2c1. The standard InChI is InChI=1S/C13H13BrFN/c14-12-6-9(15)5-10-11(7-16-13(10)12)8-3-1-2-4-8/h5-8,16H,1-4H2. The van der Waals surface area contributed by atoms with Crippen LogP contribution in [0.4, 0.5) is 4.39 Å². The van der Waals surface area contributed by atoms with Gasteiger partial charge in [-0.15, -0.1) is 0 Å². The van der Waals surface area contributed by atoms with E-state index >= 15 is 0 Å². The fourth-order valence-corrected chi connectivity index (χ4v) is 3.30. The first-order valence-electron chi connectivity index (χ1n) is 5.72. The number of hydrogen-bond donors (Lipinski definition) is 1. The number of aromatic nitrogens is 1. The number of benzene rings is 1. The lowest BCUT2D eigenvalue weighted by Crippen LogP contribution is -1.90. The van der Waals surface area contributed by atoms with Gasteiger partial charge < -0.3 is 4.98 Å². The Morgan fingerprint density at radius 2 is 2.00 bits per heavy atom. The molecule has 0 radical (unpaired) electrons.